The highest BCUT2D eigenvalue weighted by molar-refractivity contribution is 6.32. The fourth-order valence-corrected chi connectivity index (χ4v) is 0.840. The molecular formula is C4H3ClN5+. The van der Waals surface area contributed by atoms with Crippen molar-refractivity contribution >= 4 is 23.8 Å². The third-order valence-electron chi connectivity index (χ3n) is 1.18. The van der Waals surface area contributed by atoms with Crippen LogP contribution >= 0.6 is 11.8 Å². The second kappa shape index (κ2) is 1.71. The molecule has 2 rings (SSSR count). The lowest BCUT2D eigenvalue weighted by Gasteiger charge is -2.09. The molecule has 50 valence electrons. The van der Waals surface area contributed by atoms with Gasteiger partial charge in [0.05, 0.1) is 11.4 Å². The molecule has 2 heterocycles. The summed E-state index contributed by atoms with van der Waals surface area (Å²) in [6.45, 7) is 0. The van der Waals surface area contributed by atoms with Crippen molar-refractivity contribution in [3.8, 4) is 0 Å². The molecule has 0 bridgehead atoms. The molecule has 1 atom stereocenters. The quantitative estimate of drug-likeness (QED) is 0.474. The Kier molecular flexibility index (Phi) is 0.973. The Morgan fingerprint density at radius 1 is 1.50 bits per heavy atom. The molecule has 0 aromatic rings. The van der Waals surface area contributed by atoms with Crippen LogP contribution in [0.3, 0.4) is 0 Å². The van der Waals surface area contributed by atoms with Gasteiger partial charge in [0.25, 0.3) is 0 Å². The topological polar surface area (TPSA) is 49.4 Å². The van der Waals surface area contributed by atoms with Gasteiger partial charge in [-0.2, -0.15) is 0 Å². The summed E-state index contributed by atoms with van der Waals surface area (Å²) in [5.74, 6) is 0.518. The minimum atomic E-state index is -0.233. The Balaban J connectivity index is 2.51. The van der Waals surface area contributed by atoms with Crippen LogP contribution in [-0.2, 0) is 0 Å². The van der Waals surface area contributed by atoms with Crippen LogP contribution in [0.2, 0.25) is 0 Å². The van der Waals surface area contributed by atoms with Gasteiger partial charge in [-0.25, -0.2) is 0 Å². The molecule has 0 saturated carbocycles. The number of nitrogens with zero attached hydrogens (tertiary/aromatic N) is 5. The summed E-state index contributed by atoms with van der Waals surface area (Å²) < 4.78 is -0.233. The molecule has 10 heavy (non-hydrogen) atoms. The Labute approximate surface area is 61.7 Å². The van der Waals surface area contributed by atoms with E-state index < -0.39 is 0 Å². The normalized spacial score (nSPS) is 34.3. The molecule has 0 aromatic heterocycles. The highest BCUT2D eigenvalue weighted by Gasteiger charge is 2.37. The standard InChI is InChI=1S/C4H3ClN5/c5-10-2-1-6-3-4(10)7-8-9-10/h1-3H/q+1. The van der Waals surface area contributed by atoms with Crippen LogP contribution in [0.15, 0.2) is 32.9 Å². The second-order valence-electron chi connectivity index (χ2n) is 1.82. The summed E-state index contributed by atoms with van der Waals surface area (Å²) in [6, 6.07) is 0. The van der Waals surface area contributed by atoms with Crippen molar-refractivity contribution in [2.24, 2.45) is 20.5 Å². The Morgan fingerprint density at radius 3 is 3.20 bits per heavy atom. The maximum Gasteiger partial charge on any atom is 0.318 e. The van der Waals surface area contributed by atoms with Crippen molar-refractivity contribution in [3.63, 3.8) is 0 Å². The van der Waals surface area contributed by atoms with Crippen molar-refractivity contribution in [1.29, 1.82) is 0 Å². The predicted octanol–water partition coefficient (Wildman–Crippen LogP) is 1.21. The Morgan fingerprint density at radius 2 is 2.40 bits per heavy atom. The zero-order chi connectivity index (χ0) is 7.03. The summed E-state index contributed by atoms with van der Waals surface area (Å²) in [4.78, 5) is 3.81. The highest BCUT2D eigenvalue weighted by Crippen LogP contribution is 2.23. The molecule has 0 fully saturated rings. The van der Waals surface area contributed by atoms with Gasteiger partial charge in [-0.1, -0.05) is 5.10 Å². The fourth-order valence-electron chi connectivity index (χ4n) is 0.682. The van der Waals surface area contributed by atoms with E-state index in [2.05, 4.69) is 20.5 Å². The fraction of sp³-hybridized carbons (Fsp3) is 0. The molecule has 2 aliphatic rings. The third kappa shape index (κ3) is 0.614. The van der Waals surface area contributed by atoms with Gasteiger partial charge in [-0.3, -0.25) is 4.99 Å². The van der Waals surface area contributed by atoms with E-state index >= 15 is 0 Å². The maximum absolute atomic E-state index is 5.84. The van der Waals surface area contributed by atoms with Crippen molar-refractivity contribution in [2.75, 3.05) is 0 Å². The molecule has 0 radical (unpaired) electrons. The molecular weight excluding hydrogens is 154 g/mol. The number of rotatable bonds is 0. The zero-order valence-electron chi connectivity index (χ0n) is 4.85. The highest BCUT2D eigenvalue weighted by atomic mass is 35.5. The van der Waals surface area contributed by atoms with Crippen LogP contribution in [0.4, 0.5) is 0 Å². The minimum absolute atomic E-state index is 0.233. The molecule has 6 heteroatoms. The van der Waals surface area contributed by atoms with Crippen LogP contribution in [0.5, 0.6) is 0 Å². The van der Waals surface area contributed by atoms with Gasteiger partial charge in [-0.15, -0.1) is 0 Å². The van der Waals surface area contributed by atoms with E-state index in [1.807, 2.05) is 0 Å². The second-order valence-corrected chi connectivity index (χ2v) is 2.33. The van der Waals surface area contributed by atoms with Crippen molar-refractivity contribution < 1.29 is 4.11 Å². The molecule has 0 saturated heterocycles. The van der Waals surface area contributed by atoms with Gasteiger partial charge in [-0.05, 0) is 0 Å². The van der Waals surface area contributed by atoms with Crippen LogP contribution in [0.25, 0.3) is 0 Å². The first kappa shape index (κ1) is 5.70. The minimum Gasteiger partial charge on any atom is -0.251 e. The van der Waals surface area contributed by atoms with Gasteiger partial charge in [0.15, 0.2) is 6.20 Å². The molecule has 1 unspecified atom stereocenters. The van der Waals surface area contributed by atoms with Gasteiger partial charge >= 0.3 is 5.84 Å². The summed E-state index contributed by atoms with van der Waals surface area (Å²) in [5.41, 5.74) is 0. The summed E-state index contributed by atoms with van der Waals surface area (Å²) in [6.07, 6.45) is 4.65. The number of halogens is 1. The van der Waals surface area contributed by atoms with E-state index in [0.717, 1.165) is 0 Å². The first-order valence-electron chi connectivity index (χ1n) is 2.61. The molecule has 0 aliphatic carbocycles. The lowest BCUT2D eigenvalue weighted by molar-refractivity contribution is -0.664. The number of aliphatic imine (C=N–C) groups is 1. The molecule has 0 aromatic carbocycles. The average Bonchev–Trinajstić information content (AvgIpc) is 2.29. The Bertz CT molecular complexity index is 277. The third-order valence-corrected chi connectivity index (χ3v) is 1.53. The van der Waals surface area contributed by atoms with Crippen molar-refractivity contribution in [1.82, 2.24) is 0 Å². The van der Waals surface area contributed by atoms with E-state index in [9.17, 15) is 0 Å². The number of hydrogen-bond acceptors (Lipinski definition) is 4. The maximum atomic E-state index is 5.84. The number of amidine groups is 1. The van der Waals surface area contributed by atoms with E-state index in [1.165, 1.54) is 6.21 Å². The summed E-state index contributed by atoms with van der Waals surface area (Å²) in [5, 5.41) is 10.7. The van der Waals surface area contributed by atoms with Crippen LogP contribution in [0.1, 0.15) is 0 Å². The first-order valence-corrected chi connectivity index (χ1v) is 2.95. The lowest BCUT2D eigenvalue weighted by Crippen LogP contribution is -2.33. The predicted molar refractivity (Wildman–Crippen MR) is 36.0 cm³/mol. The van der Waals surface area contributed by atoms with Crippen LogP contribution < -0.4 is 0 Å². The largest absolute Gasteiger partial charge is 0.318 e. The number of hydrogen-bond donors (Lipinski definition) is 0. The average molecular weight is 157 g/mol. The molecule has 5 nitrogen and oxygen atoms in total. The number of fused-ring (bicyclic) bond motifs is 1. The van der Waals surface area contributed by atoms with Crippen molar-refractivity contribution in [2.45, 2.75) is 0 Å². The molecule has 0 N–H and O–H groups in total. The Hall–Kier alpha value is -1.07. The SMILES string of the molecule is Cl[N+]12C=CN=CC1=NN=N2. The first-order chi connectivity index (χ1) is 4.81. The van der Waals surface area contributed by atoms with Crippen LogP contribution in [0, 0.1) is 0 Å². The van der Waals surface area contributed by atoms with Gasteiger partial charge < -0.3 is 0 Å². The smallest absolute Gasteiger partial charge is 0.251 e. The van der Waals surface area contributed by atoms with Crippen LogP contribution in [-0.4, -0.2) is 16.2 Å². The van der Waals surface area contributed by atoms with Gasteiger partial charge in [0, 0.05) is 9.33 Å². The zero-order valence-corrected chi connectivity index (χ0v) is 5.60. The molecule has 0 amide bonds. The van der Waals surface area contributed by atoms with E-state index in [-0.39, 0.29) is 4.11 Å². The lowest BCUT2D eigenvalue weighted by atomic mass is 10.5. The van der Waals surface area contributed by atoms with Gasteiger partial charge in [0.2, 0.25) is 11.8 Å². The molecule has 2 aliphatic heterocycles. The number of quaternary nitrogens is 1. The molecule has 0 spiro atoms. The van der Waals surface area contributed by atoms with E-state index in [1.54, 1.807) is 12.4 Å². The van der Waals surface area contributed by atoms with E-state index in [4.69, 9.17) is 11.8 Å². The summed E-state index contributed by atoms with van der Waals surface area (Å²) in [7, 11) is 0. The summed E-state index contributed by atoms with van der Waals surface area (Å²) >= 11 is 5.84. The monoisotopic (exact) mass is 156 g/mol. The van der Waals surface area contributed by atoms with E-state index in [0.29, 0.717) is 5.84 Å². The van der Waals surface area contributed by atoms with Crippen molar-refractivity contribution in [3.05, 3.63) is 12.4 Å². The van der Waals surface area contributed by atoms with Gasteiger partial charge in [0.1, 0.15) is 6.21 Å².